The van der Waals surface area contributed by atoms with Gasteiger partial charge in [0, 0.05) is 11.6 Å². The molecule has 6 nitrogen and oxygen atoms in total. The minimum Gasteiger partial charge on any atom is -0.480 e. The van der Waals surface area contributed by atoms with Gasteiger partial charge in [0.05, 0.1) is 5.56 Å². The number of hydrogen-bond donors (Lipinski definition) is 1. The Morgan fingerprint density at radius 3 is 2.45 bits per heavy atom. The van der Waals surface area contributed by atoms with Crippen LogP contribution in [0.5, 0.6) is 0 Å². The number of carboxylic acid groups (broad SMARTS) is 1. The smallest absolute Gasteiger partial charge is 0.416 e. The van der Waals surface area contributed by atoms with Crippen LogP contribution >= 0.6 is 0 Å². The monoisotopic (exact) mass is 404 g/mol. The molecule has 1 heterocycles. The summed E-state index contributed by atoms with van der Waals surface area (Å²) in [7, 11) is 0. The van der Waals surface area contributed by atoms with E-state index in [1.54, 1.807) is 30.3 Å². The summed E-state index contributed by atoms with van der Waals surface area (Å²) >= 11 is 0. The summed E-state index contributed by atoms with van der Waals surface area (Å²) in [5, 5.41) is 9.53. The number of carbonyl (C=O) groups is 2. The second-order valence-electron chi connectivity index (χ2n) is 6.09. The molecule has 1 amide bonds. The van der Waals surface area contributed by atoms with Gasteiger partial charge in [-0.2, -0.15) is 13.2 Å². The summed E-state index contributed by atoms with van der Waals surface area (Å²) in [6.07, 6.45) is -4.36. The number of rotatable bonds is 5. The molecular weight excluding hydrogens is 389 g/mol. The Kier molecular flexibility index (Phi) is 5.67. The molecule has 1 N–H and O–H groups in total. The Morgan fingerprint density at radius 1 is 1.07 bits per heavy atom. The van der Waals surface area contributed by atoms with Crippen LogP contribution in [0.4, 0.5) is 23.8 Å². The highest BCUT2D eigenvalue weighted by Crippen LogP contribution is 2.34. The number of fused-ring (bicyclic) bond motifs is 1. The van der Waals surface area contributed by atoms with Crippen LogP contribution in [0.2, 0.25) is 0 Å². The maximum atomic E-state index is 13.1. The van der Waals surface area contributed by atoms with Crippen LogP contribution < -0.4 is 4.90 Å². The van der Waals surface area contributed by atoms with Crippen molar-refractivity contribution in [3.63, 3.8) is 0 Å². The molecule has 0 bridgehead atoms. The van der Waals surface area contributed by atoms with Crippen molar-refractivity contribution in [1.29, 1.82) is 0 Å². The van der Waals surface area contributed by atoms with Crippen molar-refractivity contribution in [3.05, 3.63) is 71.9 Å². The number of aliphatic carboxylic acids is 1. The average molecular weight is 404 g/mol. The van der Waals surface area contributed by atoms with E-state index in [9.17, 15) is 27.9 Å². The van der Waals surface area contributed by atoms with Crippen molar-refractivity contribution in [2.24, 2.45) is 0 Å². The molecule has 9 heteroatoms. The second-order valence-corrected chi connectivity index (χ2v) is 6.09. The Morgan fingerprint density at radius 2 is 1.79 bits per heavy atom. The van der Waals surface area contributed by atoms with Crippen LogP contribution in [0.15, 0.2) is 60.8 Å². The number of nitrogens with zero attached hydrogens (tertiary/aromatic N) is 2. The molecule has 0 aliphatic heterocycles. The first-order valence-electron chi connectivity index (χ1n) is 8.41. The minimum absolute atomic E-state index is 0.0137. The third-order valence-corrected chi connectivity index (χ3v) is 4.05. The zero-order valence-electron chi connectivity index (χ0n) is 14.9. The first kappa shape index (κ1) is 20.1. The van der Waals surface area contributed by atoms with Gasteiger partial charge in [0.25, 0.3) is 0 Å². The number of anilines is 1. The van der Waals surface area contributed by atoms with Crippen molar-refractivity contribution in [3.8, 4) is 0 Å². The van der Waals surface area contributed by atoms with E-state index in [4.69, 9.17) is 4.74 Å². The van der Waals surface area contributed by atoms with Gasteiger partial charge in [0.2, 0.25) is 0 Å². The van der Waals surface area contributed by atoms with Gasteiger partial charge in [0.1, 0.15) is 19.0 Å². The summed E-state index contributed by atoms with van der Waals surface area (Å²) in [6.45, 7) is -0.954. The van der Waals surface area contributed by atoms with E-state index in [0.29, 0.717) is 15.8 Å². The van der Waals surface area contributed by atoms with Gasteiger partial charge in [-0.05, 0) is 29.1 Å². The summed E-state index contributed by atoms with van der Waals surface area (Å²) < 4.78 is 44.5. The number of alkyl halides is 3. The largest absolute Gasteiger partial charge is 0.480 e. The maximum absolute atomic E-state index is 13.1. The van der Waals surface area contributed by atoms with Crippen molar-refractivity contribution in [1.82, 2.24) is 4.98 Å². The molecule has 0 fully saturated rings. The Hall–Kier alpha value is -3.62. The van der Waals surface area contributed by atoms with E-state index >= 15 is 0 Å². The number of hydrogen-bond acceptors (Lipinski definition) is 4. The zero-order chi connectivity index (χ0) is 21.0. The molecule has 0 saturated carbocycles. The van der Waals surface area contributed by atoms with Crippen molar-refractivity contribution < 1.29 is 32.6 Å². The van der Waals surface area contributed by atoms with Crippen LogP contribution in [0.3, 0.4) is 0 Å². The average Bonchev–Trinajstić information content (AvgIpc) is 2.69. The lowest BCUT2D eigenvalue weighted by atomic mass is 10.1. The van der Waals surface area contributed by atoms with E-state index in [1.807, 2.05) is 0 Å². The van der Waals surface area contributed by atoms with E-state index in [-0.39, 0.29) is 17.8 Å². The van der Waals surface area contributed by atoms with E-state index in [2.05, 4.69) is 4.98 Å². The second kappa shape index (κ2) is 8.17. The Labute approximate surface area is 163 Å². The highest BCUT2D eigenvalue weighted by molar-refractivity contribution is 6.02. The van der Waals surface area contributed by atoms with E-state index < -0.39 is 30.3 Å². The fraction of sp³-hybridized carbons (Fsp3) is 0.150. The molecular formula is C20H15F3N2O4. The van der Waals surface area contributed by atoms with Gasteiger partial charge < -0.3 is 9.84 Å². The number of pyridine rings is 1. The van der Waals surface area contributed by atoms with Gasteiger partial charge in [0.15, 0.2) is 0 Å². The third kappa shape index (κ3) is 4.81. The molecule has 0 atom stereocenters. The van der Waals surface area contributed by atoms with Gasteiger partial charge in [-0.15, -0.1) is 0 Å². The first-order chi connectivity index (χ1) is 13.8. The standard InChI is InChI=1S/C20H15F3N2O4/c21-20(22,23)15-7-6-14-8-9-24-18(16(14)10-15)25(11-17(26)27)19(28)29-12-13-4-2-1-3-5-13/h1-10H,11-12H2,(H,26,27). The highest BCUT2D eigenvalue weighted by Gasteiger charge is 2.31. The third-order valence-electron chi connectivity index (χ3n) is 4.05. The molecule has 3 aromatic rings. The zero-order valence-corrected chi connectivity index (χ0v) is 14.9. The Bertz CT molecular complexity index is 1040. The fourth-order valence-corrected chi connectivity index (χ4v) is 2.70. The number of amides is 1. The number of carbonyl (C=O) groups excluding carboxylic acids is 1. The number of ether oxygens (including phenoxy) is 1. The molecule has 1 aromatic heterocycles. The summed E-state index contributed by atoms with van der Waals surface area (Å²) in [6, 6.07) is 13.1. The van der Waals surface area contributed by atoms with Crippen molar-refractivity contribution >= 4 is 28.7 Å². The van der Waals surface area contributed by atoms with Crippen LogP contribution in [0.25, 0.3) is 10.8 Å². The molecule has 3 rings (SSSR count). The van der Waals surface area contributed by atoms with E-state index in [1.165, 1.54) is 18.3 Å². The van der Waals surface area contributed by atoms with Gasteiger partial charge in [-0.1, -0.05) is 36.4 Å². The normalized spacial score (nSPS) is 11.3. The van der Waals surface area contributed by atoms with Gasteiger partial charge >= 0.3 is 18.2 Å². The number of aromatic nitrogens is 1. The summed E-state index contributed by atoms with van der Waals surface area (Å²) in [4.78, 5) is 28.5. The minimum atomic E-state index is -4.60. The maximum Gasteiger partial charge on any atom is 0.416 e. The van der Waals surface area contributed by atoms with Gasteiger partial charge in [-0.25, -0.2) is 14.7 Å². The molecule has 0 radical (unpaired) electrons. The molecule has 0 aliphatic rings. The molecule has 0 saturated heterocycles. The molecule has 150 valence electrons. The lowest BCUT2D eigenvalue weighted by molar-refractivity contribution is -0.137. The molecule has 0 aliphatic carbocycles. The Balaban J connectivity index is 1.98. The molecule has 0 spiro atoms. The van der Waals surface area contributed by atoms with Crippen LogP contribution in [-0.4, -0.2) is 28.7 Å². The number of halogens is 3. The molecule has 0 unspecified atom stereocenters. The van der Waals surface area contributed by atoms with Crippen molar-refractivity contribution in [2.45, 2.75) is 12.8 Å². The SMILES string of the molecule is O=C(O)CN(C(=O)OCc1ccccc1)c1nccc2ccc(C(F)(F)F)cc12. The van der Waals surface area contributed by atoms with Crippen LogP contribution in [0, 0.1) is 0 Å². The predicted octanol–water partition coefficient (Wildman–Crippen LogP) is 4.48. The number of carboxylic acids is 1. The molecule has 29 heavy (non-hydrogen) atoms. The highest BCUT2D eigenvalue weighted by atomic mass is 19.4. The van der Waals surface area contributed by atoms with Crippen molar-refractivity contribution in [2.75, 3.05) is 11.4 Å². The fourth-order valence-electron chi connectivity index (χ4n) is 2.70. The van der Waals surface area contributed by atoms with Crippen LogP contribution in [0.1, 0.15) is 11.1 Å². The number of benzene rings is 2. The molecule has 2 aromatic carbocycles. The summed E-state index contributed by atoms with van der Waals surface area (Å²) in [5.41, 5.74) is -0.270. The predicted molar refractivity (Wildman–Crippen MR) is 98.4 cm³/mol. The summed E-state index contributed by atoms with van der Waals surface area (Å²) in [5.74, 6) is -1.60. The topological polar surface area (TPSA) is 79.7 Å². The lowest BCUT2D eigenvalue weighted by Crippen LogP contribution is -2.36. The quantitative estimate of drug-likeness (QED) is 0.678. The lowest BCUT2D eigenvalue weighted by Gasteiger charge is -2.21. The van der Waals surface area contributed by atoms with Gasteiger partial charge in [-0.3, -0.25) is 4.79 Å². The van der Waals surface area contributed by atoms with Crippen LogP contribution in [-0.2, 0) is 22.3 Å². The first-order valence-corrected chi connectivity index (χ1v) is 8.41. The van der Waals surface area contributed by atoms with E-state index in [0.717, 1.165) is 12.1 Å².